The Morgan fingerprint density at radius 3 is 0.667 bits per heavy atom. The molecule has 0 fully saturated rings. The smallest absolute Gasteiger partial charge is 0.164 e. The fraction of sp³-hybridized carbons (Fsp3) is 0. The van der Waals surface area contributed by atoms with Crippen molar-refractivity contribution >= 4 is 97.0 Å². The van der Waals surface area contributed by atoms with E-state index < -0.39 is 0 Å². The van der Waals surface area contributed by atoms with Crippen molar-refractivity contribution in [2.24, 2.45) is 0 Å². The highest BCUT2D eigenvalue weighted by molar-refractivity contribution is 6.20. The van der Waals surface area contributed by atoms with E-state index in [0.717, 1.165) is 49.0 Å². The van der Waals surface area contributed by atoms with Crippen LogP contribution in [-0.2, 0) is 0 Å². The maximum atomic E-state index is 5.54. The van der Waals surface area contributed by atoms with Crippen LogP contribution in [0.3, 0.4) is 0 Å². The topological polar surface area (TPSA) is 38.7 Å². The average molecular weight is 760 g/mol. The van der Waals surface area contributed by atoms with Gasteiger partial charge in [-0.15, -0.1) is 0 Å². The highest BCUT2D eigenvalue weighted by Gasteiger charge is 2.21. The molecule has 13 aromatic rings. The number of fused-ring (bicyclic) bond motifs is 12. The van der Waals surface area contributed by atoms with E-state index >= 15 is 0 Å². The second-order valence-corrected chi connectivity index (χ2v) is 16.0. The molecule has 1 aromatic heterocycles. The predicted octanol–water partition coefficient (Wildman–Crippen LogP) is 15.3. The van der Waals surface area contributed by atoms with E-state index in [9.17, 15) is 0 Å². The molecule has 1 heterocycles. The summed E-state index contributed by atoms with van der Waals surface area (Å²) in [7, 11) is 0. The quantitative estimate of drug-likeness (QED) is 0.133. The highest BCUT2D eigenvalue weighted by atomic mass is 15.0. The Labute approximate surface area is 344 Å². The van der Waals surface area contributed by atoms with Crippen LogP contribution in [0.4, 0.5) is 0 Å². The zero-order valence-corrected chi connectivity index (χ0v) is 32.4. The molecule has 0 aliphatic heterocycles. The maximum absolute atomic E-state index is 5.54. The predicted molar refractivity (Wildman–Crippen MR) is 254 cm³/mol. The third-order valence-electron chi connectivity index (χ3n) is 12.5. The molecular weight excluding hydrogens is 727 g/mol. The van der Waals surface area contributed by atoms with E-state index in [1.807, 2.05) is 0 Å². The lowest BCUT2D eigenvalue weighted by atomic mass is 9.92. The van der Waals surface area contributed by atoms with Gasteiger partial charge in [-0.3, -0.25) is 0 Å². The average Bonchev–Trinajstić information content (AvgIpc) is 3.31. The second-order valence-electron chi connectivity index (χ2n) is 16.0. The van der Waals surface area contributed by atoms with Crippen LogP contribution in [-0.4, -0.2) is 15.0 Å². The molecule has 0 radical (unpaired) electrons. The summed E-state index contributed by atoms with van der Waals surface area (Å²) in [6.07, 6.45) is 0. The van der Waals surface area contributed by atoms with Crippen LogP contribution in [0.1, 0.15) is 0 Å². The molecule has 276 valence electrons. The third kappa shape index (κ3) is 5.06. The van der Waals surface area contributed by atoms with Gasteiger partial charge in [-0.2, -0.15) is 0 Å². The molecule has 0 bridgehead atoms. The van der Waals surface area contributed by atoms with Crippen LogP contribution in [0.2, 0.25) is 0 Å². The van der Waals surface area contributed by atoms with E-state index in [0.29, 0.717) is 17.5 Å². The Bertz CT molecular complexity index is 3540. The van der Waals surface area contributed by atoms with Gasteiger partial charge in [0.15, 0.2) is 17.5 Å². The molecule has 0 amide bonds. The van der Waals surface area contributed by atoms with Gasteiger partial charge in [-0.05, 0) is 152 Å². The van der Waals surface area contributed by atoms with Gasteiger partial charge in [0.25, 0.3) is 0 Å². The Kier molecular flexibility index (Phi) is 7.01. The zero-order valence-electron chi connectivity index (χ0n) is 32.4. The molecule has 0 aliphatic carbocycles. The van der Waals surface area contributed by atoms with Gasteiger partial charge in [0.2, 0.25) is 0 Å². The number of rotatable bonds is 3. The molecule has 0 saturated heterocycles. The van der Waals surface area contributed by atoms with Crippen molar-refractivity contribution in [3.63, 3.8) is 0 Å². The van der Waals surface area contributed by atoms with E-state index in [1.54, 1.807) is 0 Å². The van der Waals surface area contributed by atoms with Crippen molar-refractivity contribution < 1.29 is 0 Å². The lowest BCUT2D eigenvalue weighted by Gasteiger charge is -2.16. The molecular formula is C57H33N3. The minimum absolute atomic E-state index is 0.644. The minimum Gasteiger partial charge on any atom is -0.208 e. The molecule has 13 rings (SSSR count). The van der Waals surface area contributed by atoms with Crippen LogP contribution in [0.15, 0.2) is 200 Å². The fourth-order valence-electron chi connectivity index (χ4n) is 9.65. The number of aromatic nitrogens is 3. The summed E-state index contributed by atoms with van der Waals surface area (Å²) in [6, 6.07) is 72.5. The van der Waals surface area contributed by atoms with Gasteiger partial charge in [0.05, 0.1) is 0 Å². The molecule has 3 heteroatoms. The summed E-state index contributed by atoms with van der Waals surface area (Å²) in [6.45, 7) is 0. The lowest BCUT2D eigenvalue weighted by Crippen LogP contribution is -2.02. The van der Waals surface area contributed by atoms with Crippen LogP contribution in [0.25, 0.3) is 131 Å². The largest absolute Gasteiger partial charge is 0.208 e. The van der Waals surface area contributed by atoms with Crippen molar-refractivity contribution in [1.82, 2.24) is 15.0 Å². The Morgan fingerprint density at radius 2 is 0.400 bits per heavy atom. The number of benzene rings is 12. The van der Waals surface area contributed by atoms with E-state index in [2.05, 4.69) is 200 Å². The van der Waals surface area contributed by atoms with Crippen molar-refractivity contribution in [1.29, 1.82) is 0 Å². The first-order valence-electron chi connectivity index (χ1n) is 20.5. The third-order valence-corrected chi connectivity index (χ3v) is 12.5. The first kappa shape index (κ1) is 33.0. The fourth-order valence-corrected chi connectivity index (χ4v) is 9.65. The second kappa shape index (κ2) is 12.7. The van der Waals surface area contributed by atoms with Crippen molar-refractivity contribution in [3.8, 4) is 34.2 Å². The molecule has 0 unspecified atom stereocenters. The molecule has 0 aliphatic rings. The normalized spacial score (nSPS) is 12.0. The monoisotopic (exact) mass is 759 g/mol. The van der Waals surface area contributed by atoms with Gasteiger partial charge in [-0.1, -0.05) is 146 Å². The van der Waals surface area contributed by atoms with Gasteiger partial charge in [0.1, 0.15) is 0 Å². The summed E-state index contributed by atoms with van der Waals surface area (Å²) in [4.78, 5) is 16.6. The molecule has 0 saturated carbocycles. The number of nitrogens with zero attached hydrogens (tertiary/aromatic N) is 3. The van der Waals surface area contributed by atoms with Crippen LogP contribution in [0.5, 0.6) is 0 Å². The summed E-state index contributed by atoms with van der Waals surface area (Å²) in [5.74, 6) is 1.93. The van der Waals surface area contributed by atoms with Gasteiger partial charge in [-0.25, -0.2) is 15.0 Å². The summed E-state index contributed by atoms with van der Waals surface area (Å²) in [5.41, 5.74) is 2.93. The maximum Gasteiger partial charge on any atom is 0.164 e. The Balaban J connectivity index is 1.19. The van der Waals surface area contributed by atoms with Gasteiger partial charge in [0, 0.05) is 16.7 Å². The summed E-state index contributed by atoms with van der Waals surface area (Å²) in [5, 5.41) is 21.0. The Morgan fingerprint density at radius 1 is 0.183 bits per heavy atom. The molecule has 12 aromatic carbocycles. The summed E-state index contributed by atoms with van der Waals surface area (Å²) < 4.78 is 0. The SMILES string of the molecule is c1ccc2cc3c(cc2c1)c(-c1nc(-c2cc4ccccc4c4cc5ccccc5cc24)nc(-c2cc4ccccc4c4cc5ccccc5cc24)n1)cc1ccccc13. The number of hydrogen-bond donors (Lipinski definition) is 0. The standard InChI is InChI=1S/C57H33N3/c1-4-16-37-28-49-46(25-34(37)13-1)43-22-10-7-19-40(43)31-52(49)55-58-56(53-32-41-20-8-11-23-44(41)47-26-35-14-2-5-17-38(35)29-50(47)53)60-57(59-55)54-33-42-21-9-12-24-45(42)48-27-36-15-3-6-18-39(36)30-51(48)54/h1-33H. The first-order chi connectivity index (χ1) is 29.7. The zero-order chi connectivity index (χ0) is 39.3. The summed E-state index contributed by atoms with van der Waals surface area (Å²) >= 11 is 0. The van der Waals surface area contributed by atoms with Crippen molar-refractivity contribution in [3.05, 3.63) is 200 Å². The van der Waals surface area contributed by atoms with Gasteiger partial charge < -0.3 is 0 Å². The van der Waals surface area contributed by atoms with Crippen molar-refractivity contribution in [2.45, 2.75) is 0 Å². The minimum atomic E-state index is 0.644. The molecule has 0 N–H and O–H groups in total. The van der Waals surface area contributed by atoms with Gasteiger partial charge >= 0.3 is 0 Å². The van der Waals surface area contributed by atoms with E-state index in [1.165, 1.54) is 64.6 Å². The number of hydrogen-bond acceptors (Lipinski definition) is 3. The van der Waals surface area contributed by atoms with Crippen molar-refractivity contribution in [2.75, 3.05) is 0 Å². The molecule has 0 atom stereocenters. The lowest BCUT2D eigenvalue weighted by molar-refractivity contribution is 1.08. The van der Waals surface area contributed by atoms with E-state index in [4.69, 9.17) is 15.0 Å². The van der Waals surface area contributed by atoms with E-state index in [-0.39, 0.29) is 0 Å². The van der Waals surface area contributed by atoms with Crippen LogP contribution in [0, 0.1) is 0 Å². The molecule has 0 spiro atoms. The molecule has 3 nitrogen and oxygen atoms in total. The first-order valence-corrected chi connectivity index (χ1v) is 20.5. The van der Waals surface area contributed by atoms with Crippen LogP contribution >= 0.6 is 0 Å². The highest BCUT2D eigenvalue weighted by Crippen LogP contribution is 2.42. The Hall–Kier alpha value is -8.01. The van der Waals surface area contributed by atoms with Crippen LogP contribution < -0.4 is 0 Å². The molecule has 60 heavy (non-hydrogen) atoms.